The largest absolute Gasteiger partial charge is 0.402 e. The predicted octanol–water partition coefficient (Wildman–Crippen LogP) is 3.39. The van der Waals surface area contributed by atoms with Crippen molar-refractivity contribution in [2.45, 2.75) is 38.3 Å². The van der Waals surface area contributed by atoms with Crippen LogP contribution in [0.4, 0.5) is 0 Å². The van der Waals surface area contributed by atoms with E-state index in [1.54, 1.807) is 10.2 Å². The molecule has 1 N–H and O–H groups in total. The molecule has 3 aromatic rings. The predicted molar refractivity (Wildman–Crippen MR) is 148 cm³/mol. The van der Waals surface area contributed by atoms with Gasteiger partial charge in [-0.25, -0.2) is 4.79 Å². The molecule has 1 aliphatic rings. The molecule has 1 saturated heterocycles. The molecule has 2 atom stereocenters. The summed E-state index contributed by atoms with van der Waals surface area (Å²) in [5.41, 5.74) is -0.609. The van der Waals surface area contributed by atoms with E-state index in [1.807, 2.05) is 59.0 Å². The molecular weight excluding hydrogens is 575 g/mol. The molecule has 7 nitrogen and oxygen atoms in total. The topological polar surface area (TPSA) is 82.5 Å². The van der Waals surface area contributed by atoms with Crippen LogP contribution in [0.5, 0.6) is 0 Å². The molecule has 9 heteroatoms. The summed E-state index contributed by atoms with van der Waals surface area (Å²) < 4.78 is 21.9. The van der Waals surface area contributed by atoms with Crippen molar-refractivity contribution in [3.8, 4) is 0 Å². The van der Waals surface area contributed by atoms with Crippen LogP contribution in [0.3, 0.4) is 0 Å². The van der Waals surface area contributed by atoms with E-state index in [2.05, 4.69) is 50.0 Å². The molecular formula is C26H29IN2O5Si. The standard InChI is InChI=1S/C26H29IN2O5Si/c1-26(2,3)35(20-10-6-4-7-11-20,21-12-8-5-9-13-21)33-18-23-32-17-22(34-23)29-16-19(14-15-27)24(30)28-25(29)31/h4-16,22-23H,17-18H2,1-3H3,(H,28,30,31). The van der Waals surface area contributed by atoms with E-state index in [0.29, 0.717) is 5.56 Å². The molecule has 184 valence electrons. The molecule has 0 spiro atoms. The lowest BCUT2D eigenvalue weighted by Gasteiger charge is -2.43. The maximum atomic E-state index is 12.4. The lowest BCUT2D eigenvalue weighted by Crippen LogP contribution is -2.67. The Labute approximate surface area is 219 Å². The Morgan fingerprint density at radius 3 is 2.23 bits per heavy atom. The fourth-order valence-corrected chi connectivity index (χ4v) is 9.46. The lowest BCUT2D eigenvalue weighted by molar-refractivity contribution is -0.0956. The highest BCUT2D eigenvalue weighted by atomic mass is 127. The van der Waals surface area contributed by atoms with Gasteiger partial charge in [0.1, 0.15) is 0 Å². The summed E-state index contributed by atoms with van der Waals surface area (Å²) in [6, 6.07) is 20.7. The Morgan fingerprint density at radius 2 is 1.69 bits per heavy atom. The van der Waals surface area contributed by atoms with Gasteiger partial charge < -0.3 is 13.9 Å². The summed E-state index contributed by atoms with van der Waals surface area (Å²) >= 11 is 2.02. The number of hydrogen-bond acceptors (Lipinski definition) is 5. The first-order chi connectivity index (χ1) is 16.8. The normalized spacial score (nSPS) is 18.9. The van der Waals surface area contributed by atoms with Gasteiger partial charge in [0.05, 0.1) is 18.8 Å². The first-order valence-corrected chi connectivity index (χ1v) is 14.6. The van der Waals surface area contributed by atoms with Crippen molar-refractivity contribution < 1.29 is 13.9 Å². The number of nitrogens with zero attached hydrogens (tertiary/aromatic N) is 1. The van der Waals surface area contributed by atoms with Gasteiger partial charge in [0, 0.05) is 6.20 Å². The number of aromatic amines is 1. The van der Waals surface area contributed by atoms with Crippen LogP contribution in [0.25, 0.3) is 6.08 Å². The number of H-pyrrole nitrogens is 1. The molecule has 2 heterocycles. The minimum Gasteiger partial charge on any atom is -0.402 e. The highest BCUT2D eigenvalue weighted by Gasteiger charge is 2.50. The zero-order valence-corrected chi connectivity index (χ0v) is 23.1. The van der Waals surface area contributed by atoms with E-state index in [0.717, 1.165) is 0 Å². The van der Waals surface area contributed by atoms with Crippen molar-refractivity contribution in [2.75, 3.05) is 13.2 Å². The molecule has 4 rings (SSSR count). The zero-order chi connectivity index (χ0) is 25.1. The molecule has 35 heavy (non-hydrogen) atoms. The third kappa shape index (κ3) is 5.29. The van der Waals surface area contributed by atoms with E-state index in [1.165, 1.54) is 21.1 Å². The van der Waals surface area contributed by atoms with Gasteiger partial charge in [-0.3, -0.25) is 14.3 Å². The van der Waals surface area contributed by atoms with Crippen LogP contribution in [-0.4, -0.2) is 37.4 Å². The van der Waals surface area contributed by atoms with E-state index < -0.39 is 32.1 Å². The smallest absolute Gasteiger partial charge is 0.330 e. The summed E-state index contributed by atoms with van der Waals surface area (Å²) in [6.07, 6.45) is 1.82. The van der Waals surface area contributed by atoms with Crippen LogP contribution in [0.15, 0.2) is 80.5 Å². The van der Waals surface area contributed by atoms with Gasteiger partial charge in [0.25, 0.3) is 13.9 Å². The third-order valence-electron chi connectivity index (χ3n) is 6.13. The van der Waals surface area contributed by atoms with E-state index in [-0.39, 0.29) is 18.3 Å². The van der Waals surface area contributed by atoms with Crippen LogP contribution < -0.4 is 21.6 Å². The maximum Gasteiger partial charge on any atom is 0.330 e. The number of benzene rings is 2. The van der Waals surface area contributed by atoms with Crippen LogP contribution in [0.1, 0.15) is 32.6 Å². The maximum absolute atomic E-state index is 12.4. The lowest BCUT2D eigenvalue weighted by atomic mass is 10.2. The monoisotopic (exact) mass is 604 g/mol. The number of nitrogens with one attached hydrogen (secondary N) is 1. The summed E-state index contributed by atoms with van der Waals surface area (Å²) in [5.74, 6) is 0. The van der Waals surface area contributed by atoms with E-state index in [4.69, 9.17) is 13.9 Å². The van der Waals surface area contributed by atoms with Crippen molar-refractivity contribution in [3.05, 3.63) is 97.3 Å². The molecule has 0 bridgehead atoms. The molecule has 0 saturated carbocycles. The number of rotatable bonds is 7. The molecule has 1 aromatic heterocycles. The quantitative estimate of drug-likeness (QED) is 0.331. The van der Waals surface area contributed by atoms with Crippen molar-refractivity contribution >= 4 is 47.4 Å². The second kappa shape index (κ2) is 10.7. The molecule has 0 aliphatic carbocycles. The third-order valence-corrected chi connectivity index (χ3v) is 11.5. The summed E-state index contributed by atoms with van der Waals surface area (Å²) in [5, 5.41) is 2.16. The molecule has 1 aliphatic heterocycles. The molecule has 0 radical (unpaired) electrons. The Bertz CT molecular complexity index is 1250. The second-order valence-corrected chi connectivity index (χ2v) is 14.4. The number of hydrogen-bond donors (Lipinski definition) is 1. The molecule has 0 amide bonds. The summed E-state index contributed by atoms with van der Waals surface area (Å²) in [6.45, 7) is 7.01. The highest BCUT2D eigenvalue weighted by Crippen LogP contribution is 2.37. The highest BCUT2D eigenvalue weighted by molar-refractivity contribution is 14.1. The van der Waals surface area contributed by atoms with Crippen LogP contribution in [0, 0.1) is 0 Å². The van der Waals surface area contributed by atoms with E-state index in [9.17, 15) is 9.59 Å². The van der Waals surface area contributed by atoms with Crippen molar-refractivity contribution in [1.29, 1.82) is 0 Å². The summed E-state index contributed by atoms with van der Waals surface area (Å²) in [7, 11) is -2.74. The first-order valence-electron chi connectivity index (χ1n) is 11.4. The Morgan fingerprint density at radius 1 is 1.09 bits per heavy atom. The number of aromatic nitrogens is 2. The van der Waals surface area contributed by atoms with Crippen molar-refractivity contribution in [3.63, 3.8) is 0 Å². The Balaban J connectivity index is 1.61. The minimum atomic E-state index is -2.74. The van der Waals surface area contributed by atoms with Gasteiger partial charge in [0.15, 0.2) is 12.5 Å². The van der Waals surface area contributed by atoms with Crippen LogP contribution >= 0.6 is 22.6 Å². The van der Waals surface area contributed by atoms with Crippen molar-refractivity contribution in [1.82, 2.24) is 9.55 Å². The van der Waals surface area contributed by atoms with E-state index >= 15 is 0 Å². The fraction of sp³-hybridized carbons (Fsp3) is 0.308. The van der Waals surface area contributed by atoms with Gasteiger partial charge in [-0.15, -0.1) is 0 Å². The van der Waals surface area contributed by atoms with Gasteiger partial charge >= 0.3 is 5.69 Å². The average Bonchev–Trinajstić information content (AvgIpc) is 3.30. The van der Waals surface area contributed by atoms with Gasteiger partial charge in [0.2, 0.25) is 0 Å². The number of halogens is 1. The molecule has 1 fully saturated rings. The molecule has 2 unspecified atom stereocenters. The first kappa shape index (κ1) is 25.8. The second-order valence-electron chi connectivity index (χ2n) is 9.37. The average molecular weight is 605 g/mol. The minimum absolute atomic E-state index is 0.175. The molecule has 2 aromatic carbocycles. The van der Waals surface area contributed by atoms with Crippen LogP contribution in [0.2, 0.25) is 5.04 Å². The van der Waals surface area contributed by atoms with Crippen LogP contribution in [-0.2, 0) is 13.9 Å². The fourth-order valence-electron chi connectivity index (χ4n) is 4.53. The zero-order valence-electron chi connectivity index (χ0n) is 19.9. The SMILES string of the molecule is CC(C)(C)[Si](OCC1OCC(n2cc(C=CI)c(=O)[nH]c2=O)O1)(c1ccccc1)c1ccccc1. The van der Waals surface area contributed by atoms with Crippen molar-refractivity contribution in [2.24, 2.45) is 0 Å². The van der Waals surface area contributed by atoms with Gasteiger partial charge in [-0.05, 0) is 25.6 Å². The van der Waals surface area contributed by atoms with Gasteiger partial charge in [-0.2, -0.15) is 0 Å². The Kier molecular flexibility index (Phi) is 7.91. The Hall–Kier alpha value is -2.31. The van der Waals surface area contributed by atoms with Gasteiger partial charge in [-0.1, -0.05) is 104 Å². The summed E-state index contributed by atoms with van der Waals surface area (Å²) in [4.78, 5) is 26.8. The number of ether oxygens (including phenoxy) is 2.